The third kappa shape index (κ3) is 2.17. The second-order valence-electron chi connectivity index (χ2n) is 2.53. The summed E-state index contributed by atoms with van der Waals surface area (Å²) in [6.45, 7) is 0. The molecule has 0 fully saturated rings. The number of hydrogen-bond donors (Lipinski definition) is 0. The molecule has 0 aliphatic heterocycles. The lowest BCUT2D eigenvalue weighted by atomic mass is 10.3. The quantitative estimate of drug-likeness (QED) is 0.565. The lowest BCUT2D eigenvalue weighted by Crippen LogP contribution is -1.63. The number of para-hydroxylation sites is 1. The van der Waals surface area contributed by atoms with E-state index in [1.807, 2.05) is 47.2 Å². The van der Waals surface area contributed by atoms with Gasteiger partial charge in [-0.3, -0.25) is 0 Å². The molecule has 3 nitrogen and oxygen atoms in total. The fraction of sp³-hybridized carbons (Fsp3) is 0. The molecule has 4 heteroatoms. The van der Waals surface area contributed by atoms with E-state index in [1.165, 1.54) is 0 Å². The van der Waals surface area contributed by atoms with E-state index in [9.17, 15) is 0 Å². The summed E-state index contributed by atoms with van der Waals surface area (Å²) in [5.74, 6) is 0. The molecule has 1 aromatic carbocycles. The predicted molar refractivity (Wildman–Crippen MR) is 56.1 cm³/mol. The van der Waals surface area contributed by atoms with Crippen LogP contribution in [-0.4, -0.2) is 10.4 Å². The van der Waals surface area contributed by atoms with Crippen LogP contribution in [0.5, 0.6) is 0 Å². The summed E-state index contributed by atoms with van der Waals surface area (Å²) < 4.78 is 4.76. The number of thiophene rings is 1. The van der Waals surface area contributed by atoms with Gasteiger partial charge in [-0.15, -0.1) is 5.10 Å². The normalized spacial score (nSPS) is 9.43. The van der Waals surface area contributed by atoms with Gasteiger partial charge in [0.1, 0.15) is 5.52 Å². The molecule has 0 atom stereocenters. The first kappa shape index (κ1) is 8.90. The van der Waals surface area contributed by atoms with Crippen molar-refractivity contribution in [1.82, 2.24) is 10.4 Å². The van der Waals surface area contributed by atoms with Crippen molar-refractivity contribution in [2.75, 3.05) is 0 Å². The molecular weight excluding hydrogens is 196 g/mol. The lowest BCUT2D eigenvalue weighted by Gasteiger charge is -1.76. The van der Waals surface area contributed by atoms with Gasteiger partial charge in [-0.2, -0.15) is 11.3 Å². The molecule has 0 aliphatic carbocycles. The molecule has 0 amide bonds. The minimum Gasteiger partial charge on any atom is -0.337 e. The molecule has 0 bridgehead atoms. The summed E-state index contributed by atoms with van der Waals surface area (Å²) in [5, 5.41) is 11.2. The number of rotatable bonds is 0. The Morgan fingerprint density at radius 3 is 2.43 bits per heavy atom. The molecular formula is C10H8N2OS. The van der Waals surface area contributed by atoms with Crippen LogP contribution in [-0.2, 0) is 0 Å². The molecule has 2 heterocycles. The number of fused-ring (bicyclic) bond motifs is 1. The van der Waals surface area contributed by atoms with Crippen molar-refractivity contribution in [3.8, 4) is 0 Å². The molecule has 0 spiro atoms. The minimum absolute atomic E-state index is 0.734. The van der Waals surface area contributed by atoms with Gasteiger partial charge in [0, 0.05) is 5.27 Å². The fourth-order valence-corrected chi connectivity index (χ4v) is 1.41. The Kier molecular flexibility index (Phi) is 2.88. The predicted octanol–water partition coefficient (Wildman–Crippen LogP) is 2.97. The molecule has 0 aliphatic rings. The Labute approximate surface area is 85.0 Å². The summed E-state index contributed by atoms with van der Waals surface area (Å²) in [7, 11) is 0. The van der Waals surface area contributed by atoms with Crippen molar-refractivity contribution in [2.24, 2.45) is 0 Å². The van der Waals surface area contributed by atoms with Gasteiger partial charge >= 0.3 is 0 Å². The first-order chi connectivity index (χ1) is 6.97. The molecule has 0 unspecified atom stereocenters. The summed E-state index contributed by atoms with van der Waals surface area (Å²) in [5.41, 5.74) is 1.54. The molecule has 70 valence electrons. The van der Waals surface area contributed by atoms with Crippen LogP contribution in [0, 0.1) is 0 Å². The van der Waals surface area contributed by atoms with Crippen LogP contribution in [0.3, 0.4) is 0 Å². The van der Waals surface area contributed by atoms with Crippen LogP contribution in [0.2, 0.25) is 0 Å². The van der Waals surface area contributed by atoms with E-state index in [-0.39, 0.29) is 0 Å². The topological polar surface area (TPSA) is 38.9 Å². The van der Waals surface area contributed by atoms with Gasteiger partial charge in [0.2, 0.25) is 0 Å². The van der Waals surface area contributed by atoms with Crippen LogP contribution in [0.25, 0.3) is 11.1 Å². The summed E-state index contributed by atoms with van der Waals surface area (Å²) >= 11 is 1.71. The van der Waals surface area contributed by atoms with Gasteiger partial charge in [0.05, 0.1) is 0 Å². The van der Waals surface area contributed by atoms with E-state index < -0.39 is 0 Å². The molecule has 3 aromatic rings. The summed E-state index contributed by atoms with van der Waals surface area (Å²) in [6, 6.07) is 11.5. The Morgan fingerprint density at radius 2 is 1.79 bits per heavy atom. The lowest BCUT2D eigenvalue weighted by molar-refractivity contribution is 0.424. The van der Waals surface area contributed by atoms with Crippen molar-refractivity contribution in [1.29, 1.82) is 0 Å². The molecule has 2 aromatic heterocycles. The van der Waals surface area contributed by atoms with Gasteiger partial charge in [-0.25, -0.2) is 0 Å². The van der Waals surface area contributed by atoms with E-state index in [0.717, 1.165) is 11.1 Å². The maximum absolute atomic E-state index is 4.76. The third-order valence-corrected chi connectivity index (χ3v) is 2.21. The maximum Gasteiger partial charge on any atom is 0.187 e. The third-order valence-electron chi connectivity index (χ3n) is 1.58. The van der Waals surface area contributed by atoms with Crippen molar-refractivity contribution in [3.63, 3.8) is 0 Å². The molecule has 0 saturated carbocycles. The number of aromatic nitrogens is 2. The van der Waals surface area contributed by atoms with Gasteiger partial charge < -0.3 is 4.52 Å². The number of hydrogen-bond acceptors (Lipinski definition) is 4. The number of benzene rings is 1. The smallest absolute Gasteiger partial charge is 0.187 e. The van der Waals surface area contributed by atoms with Gasteiger partial charge in [0.15, 0.2) is 5.58 Å². The van der Waals surface area contributed by atoms with E-state index in [2.05, 4.69) is 10.4 Å². The van der Waals surface area contributed by atoms with Crippen LogP contribution < -0.4 is 0 Å². The largest absolute Gasteiger partial charge is 0.337 e. The van der Waals surface area contributed by atoms with E-state index in [4.69, 9.17) is 4.52 Å². The van der Waals surface area contributed by atoms with E-state index in [0.29, 0.717) is 0 Å². The first-order valence-electron chi connectivity index (χ1n) is 4.11. The Bertz CT molecular complexity index is 428. The first-order valence-corrected chi connectivity index (χ1v) is 5.05. The van der Waals surface area contributed by atoms with Crippen LogP contribution >= 0.6 is 11.3 Å². The summed E-state index contributed by atoms with van der Waals surface area (Å²) in [4.78, 5) is 0. The van der Waals surface area contributed by atoms with Crippen LogP contribution in [0.4, 0.5) is 0 Å². The fourth-order valence-electron chi connectivity index (χ4n) is 0.952. The van der Waals surface area contributed by atoms with Crippen LogP contribution in [0.15, 0.2) is 51.7 Å². The van der Waals surface area contributed by atoms with Gasteiger partial charge in [-0.05, 0) is 22.9 Å². The van der Waals surface area contributed by atoms with E-state index >= 15 is 0 Å². The average molecular weight is 204 g/mol. The average Bonchev–Trinajstić information content (AvgIpc) is 2.92. The second kappa shape index (κ2) is 4.53. The minimum atomic E-state index is 0.734. The van der Waals surface area contributed by atoms with Crippen molar-refractivity contribution in [3.05, 3.63) is 47.2 Å². The highest BCUT2D eigenvalue weighted by Gasteiger charge is 1.93. The zero-order valence-electron chi connectivity index (χ0n) is 7.33. The van der Waals surface area contributed by atoms with Crippen molar-refractivity contribution in [2.45, 2.75) is 0 Å². The summed E-state index contributed by atoms with van der Waals surface area (Å²) in [6.07, 6.45) is 0. The number of nitrogens with zero attached hydrogens (tertiary/aromatic N) is 2. The Morgan fingerprint density at radius 1 is 1.00 bits per heavy atom. The molecule has 0 radical (unpaired) electrons. The highest BCUT2D eigenvalue weighted by atomic mass is 32.1. The zero-order valence-corrected chi connectivity index (χ0v) is 8.15. The second-order valence-corrected chi connectivity index (χ2v) is 3.35. The standard InChI is InChI=1S/C6H4N2O.C4H4S/c1-2-4-6-5(3-1)7-8-9-6;1-2-4-5-3-1/h1-4H;1-4H. The van der Waals surface area contributed by atoms with E-state index in [1.54, 1.807) is 11.3 Å². The van der Waals surface area contributed by atoms with Crippen LogP contribution in [0.1, 0.15) is 0 Å². The molecule has 0 saturated heterocycles. The van der Waals surface area contributed by atoms with Crippen molar-refractivity contribution < 1.29 is 4.52 Å². The molecule has 14 heavy (non-hydrogen) atoms. The maximum atomic E-state index is 4.76. The monoisotopic (exact) mass is 204 g/mol. The van der Waals surface area contributed by atoms with Crippen molar-refractivity contribution >= 4 is 22.4 Å². The highest BCUT2D eigenvalue weighted by molar-refractivity contribution is 7.07. The van der Waals surface area contributed by atoms with Gasteiger partial charge in [0.25, 0.3) is 0 Å². The van der Waals surface area contributed by atoms with Gasteiger partial charge in [-0.1, -0.05) is 24.3 Å². The highest BCUT2D eigenvalue weighted by Crippen LogP contribution is 2.06. The molecule has 3 rings (SSSR count). The Balaban J connectivity index is 0.000000128. The SMILES string of the molecule is c1ccc2onnc2c1.c1ccsc1. The molecule has 0 N–H and O–H groups in total. The zero-order chi connectivity index (χ0) is 9.64. The Hall–Kier alpha value is -1.68.